The lowest BCUT2D eigenvalue weighted by molar-refractivity contribution is -0.141. The summed E-state index contributed by atoms with van der Waals surface area (Å²) in [5.41, 5.74) is 1.16. The molecule has 2 N–H and O–H groups in total. The first-order valence-corrected chi connectivity index (χ1v) is 8.39. The van der Waals surface area contributed by atoms with Gasteiger partial charge in [-0.1, -0.05) is 0 Å². The molecular formula is C15H20N2O3S. The molecule has 1 aromatic rings. The van der Waals surface area contributed by atoms with Gasteiger partial charge in [0.1, 0.15) is 0 Å². The van der Waals surface area contributed by atoms with Crippen molar-refractivity contribution in [2.45, 2.75) is 50.7 Å². The highest BCUT2D eigenvalue weighted by atomic mass is 32.1. The first-order valence-electron chi connectivity index (χ1n) is 7.44. The lowest BCUT2D eigenvalue weighted by Crippen LogP contribution is -2.44. The van der Waals surface area contributed by atoms with Gasteiger partial charge in [0, 0.05) is 18.6 Å². The average Bonchev–Trinajstić information content (AvgIpc) is 2.97. The van der Waals surface area contributed by atoms with Crippen LogP contribution in [-0.2, 0) is 11.3 Å². The molecule has 0 aliphatic heterocycles. The summed E-state index contributed by atoms with van der Waals surface area (Å²) in [7, 11) is 0. The van der Waals surface area contributed by atoms with Crippen LogP contribution in [0.3, 0.4) is 0 Å². The predicted molar refractivity (Wildman–Crippen MR) is 80.2 cm³/mol. The third-order valence-corrected chi connectivity index (χ3v) is 5.02. The fourth-order valence-electron chi connectivity index (χ4n) is 2.93. The van der Waals surface area contributed by atoms with Crippen molar-refractivity contribution >= 4 is 23.3 Å². The van der Waals surface area contributed by atoms with Crippen molar-refractivity contribution in [1.82, 2.24) is 10.2 Å². The number of carboxylic acid groups (broad SMARTS) is 1. The molecule has 2 fully saturated rings. The van der Waals surface area contributed by atoms with Crippen molar-refractivity contribution < 1.29 is 14.7 Å². The van der Waals surface area contributed by atoms with Gasteiger partial charge in [-0.15, -0.1) is 0 Å². The summed E-state index contributed by atoms with van der Waals surface area (Å²) in [5.74, 6) is -1.05. The number of carboxylic acids is 1. The standard InChI is InChI=1S/C15H20N2O3S/c18-14(19)11-1-2-12(7-11)16-15(20)17(13-3-4-13)8-10-5-6-21-9-10/h5-6,9,11-13H,1-4,7-8H2,(H,16,20)(H,18,19). The van der Waals surface area contributed by atoms with Crippen LogP contribution >= 0.6 is 11.3 Å². The molecule has 0 radical (unpaired) electrons. The van der Waals surface area contributed by atoms with E-state index in [9.17, 15) is 9.59 Å². The Bertz CT molecular complexity index is 513. The fraction of sp³-hybridized carbons (Fsp3) is 0.600. The van der Waals surface area contributed by atoms with E-state index >= 15 is 0 Å². The number of carbonyl (C=O) groups is 2. The summed E-state index contributed by atoms with van der Waals surface area (Å²) in [6.45, 7) is 0.648. The minimum absolute atomic E-state index is 0.00215. The molecule has 2 saturated carbocycles. The Morgan fingerprint density at radius 3 is 2.71 bits per heavy atom. The average molecular weight is 308 g/mol. The molecule has 2 atom stereocenters. The van der Waals surface area contributed by atoms with Gasteiger partial charge in [-0.2, -0.15) is 11.3 Å². The topological polar surface area (TPSA) is 69.6 Å². The zero-order chi connectivity index (χ0) is 14.8. The van der Waals surface area contributed by atoms with E-state index in [2.05, 4.69) is 10.7 Å². The van der Waals surface area contributed by atoms with Crippen LogP contribution < -0.4 is 5.32 Å². The van der Waals surface area contributed by atoms with Crippen molar-refractivity contribution in [3.63, 3.8) is 0 Å². The largest absolute Gasteiger partial charge is 0.481 e. The Hall–Kier alpha value is -1.56. The van der Waals surface area contributed by atoms with Gasteiger partial charge in [-0.05, 0) is 54.5 Å². The van der Waals surface area contributed by atoms with E-state index in [4.69, 9.17) is 5.11 Å². The highest BCUT2D eigenvalue weighted by Gasteiger charge is 2.35. The lowest BCUT2D eigenvalue weighted by atomic mass is 10.1. The van der Waals surface area contributed by atoms with Gasteiger partial charge in [0.15, 0.2) is 0 Å². The second kappa shape index (κ2) is 6.05. The molecule has 6 heteroatoms. The zero-order valence-electron chi connectivity index (χ0n) is 11.8. The maximum Gasteiger partial charge on any atom is 0.318 e. The molecule has 114 valence electrons. The van der Waals surface area contributed by atoms with E-state index < -0.39 is 5.97 Å². The van der Waals surface area contributed by atoms with Crippen molar-refractivity contribution in [1.29, 1.82) is 0 Å². The van der Waals surface area contributed by atoms with Gasteiger partial charge in [-0.3, -0.25) is 4.79 Å². The predicted octanol–water partition coefficient (Wildman–Crippen LogP) is 2.68. The van der Waals surface area contributed by atoms with E-state index in [1.807, 2.05) is 16.3 Å². The number of rotatable bonds is 5. The molecule has 21 heavy (non-hydrogen) atoms. The molecule has 0 aromatic carbocycles. The number of urea groups is 1. The number of nitrogens with one attached hydrogen (secondary N) is 1. The molecule has 2 unspecified atom stereocenters. The molecule has 5 nitrogen and oxygen atoms in total. The van der Waals surface area contributed by atoms with Crippen LogP contribution in [0.1, 0.15) is 37.7 Å². The van der Waals surface area contributed by atoms with Crippen LogP contribution in [0, 0.1) is 5.92 Å². The lowest BCUT2D eigenvalue weighted by Gasteiger charge is -2.24. The number of hydrogen-bond donors (Lipinski definition) is 2. The number of amides is 2. The third kappa shape index (κ3) is 3.56. The summed E-state index contributed by atoms with van der Waals surface area (Å²) in [6.07, 6.45) is 4.12. The smallest absolute Gasteiger partial charge is 0.318 e. The Balaban J connectivity index is 1.56. The molecular weight excluding hydrogens is 288 g/mol. The monoisotopic (exact) mass is 308 g/mol. The molecule has 0 spiro atoms. The Morgan fingerprint density at radius 1 is 1.33 bits per heavy atom. The number of carbonyl (C=O) groups excluding carboxylic acids is 1. The Morgan fingerprint density at radius 2 is 2.14 bits per heavy atom. The summed E-state index contributed by atoms with van der Waals surface area (Å²) in [4.78, 5) is 25.3. The number of aliphatic carboxylic acids is 1. The van der Waals surface area contributed by atoms with Crippen LogP contribution in [0.15, 0.2) is 16.8 Å². The maximum atomic E-state index is 12.5. The normalized spacial score (nSPS) is 24.8. The summed E-state index contributed by atoms with van der Waals surface area (Å²) in [6, 6.07) is 2.35. The quantitative estimate of drug-likeness (QED) is 0.878. The molecule has 0 bridgehead atoms. The van der Waals surface area contributed by atoms with E-state index in [1.165, 1.54) is 0 Å². The number of hydrogen-bond acceptors (Lipinski definition) is 3. The van der Waals surface area contributed by atoms with Gasteiger partial charge in [0.05, 0.1) is 5.92 Å². The van der Waals surface area contributed by atoms with E-state index in [-0.39, 0.29) is 18.0 Å². The van der Waals surface area contributed by atoms with E-state index in [0.29, 0.717) is 25.4 Å². The molecule has 1 aromatic heterocycles. The Labute approximate surface area is 128 Å². The molecule has 2 aliphatic rings. The first kappa shape index (κ1) is 14.4. The minimum atomic E-state index is -0.746. The van der Waals surface area contributed by atoms with Crippen LogP contribution in [0.2, 0.25) is 0 Å². The number of nitrogens with zero attached hydrogens (tertiary/aromatic N) is 1. The van der Waals surface area contributed by atoms with Gasteiger partial charge < -0.3 is 15.3 Å². The SMILES string of the molecule is O=C(O)C1CCC(NC(=O)N(Cc2ccsc2)C2CC2)C1. The van der Waals surface area contributed by atoms with Crippen LogP contribution in [-0.4, -0.2) is 34.1 Å². The van der Waals surface area contributed by atoms with Crippen LogP contribution in [0.25, 0.3) is 0 Å². The second-order valence-electron chi connectivity index (χ2n) is 5.99. The second-order valence-corrected chi connectivity index (χ2v) is 6.77. The molecule has 2 amide bonds. The van der Waals surface area contributed by atoms with Crippen molar-refractivity contribution in [2.24, 2.45) is 5.92 Å². The minimum Gasteiger partial charge on any atom is -0.481 e. The highest BCUT2D eigenvalue weighted by Crippen LogP contribution is 2.30. The van der Waals surface area contributed by atoms with Crippen LogP contribution in [0.4, 0.5) is 4.79 Å². The first-order chi connectivity index (χ1) is 10.1. The van der Waals surface area contributed by atoms with Gasteiger partial charge in [-0.25, -0.2) is 4.79 Å². The summed E-state index contributed by atoms with van der Waals surface area (Å²) >= 11 is 1.64. The van der Waals surface area contributed by atoms with Gasteiger partial charge in [0.25, 0.3) is 0 Å². The fourth-order valence-corrected chi connectivity index (χ4v) is 3.59. The highest BCUT2D eigenvalue weighted by molar-refractivity contribution is 7.07. The number of thiophene rings is 1. The zero-order valence-corrected chi connectivity index (χ0v) is 12.6. The Kier molecular flexibility index (Phi) is 4.14. The van der Waals surface area contributed by atoms with Crippen molar-refractivity contribution in [3.8, 4) is 0 Å². The molecule has 3 rings (SSSR count). The summed E-state index contributed by atoms with van der Waals surface area (Å²) < 4.78 is 0. The maximum absolute atomic E-state index is 12.5. The third-order valence-electron chi connectivity index (χ3n) is 4.29. The molecule has 2 aliphatic carbocycles. The van der Waals surface area contributed by atoms with Crippen molar-refractivity contribution in [2.75, 3.05) is 0 Å². The molecule has 1 heterocycles. The van der Waals surface area contributed by atoms with E-state index in [1.54, 1.807) is 11.3 Å². The van der Waals surface area contributed by atoms with Crippen LogP contribution in [0.5, 0.6) is 0 Å². The van der Waals surface area contributed by atoms with Gasteiger partial charge in [0.2, 0.25) is 0 Å². The van der Waals surface area contributed by atoms with E-state index in [0.717, 1.165) is 24.8 Å². The molecule has 0 saturated heterocycles. The van der Waals surface area contributed by atoms with Gasteiger partial charge >= 0.3 is 12.0 Å². The summed E-state index contributed by atoms with van der Waals surface area (Å²) in [5, 5.41) is 16.1. The van der Waals surface area contributed by atoms with Crippen molar-refractivity contribution in [3.05, 3.63) is 22.4 Å².